The third-order valence-electron chi connectivity index (χ3n) is 4.01. The van der Waals surface area contributed by atoms with Crippen LogP contribution in [0.2, 0.25) is 0 Å². The van der Waals surface area contributed by atoms with Gasteiger partial charge in [-0.05, 0) is 38.3 Å². The van der Waals surface area contributed by atoms with Crippen LogP contribution in [0.25, 0.3) is 0 Å². The first-order chi connectivity index (χ1) is 11.9. The van der Waals surface area contributed by atoms with Crippen molar-refractivity contribution >= 4 is 17.5 Å². The van der Waals surface area contributed by atoms with Crippen molar-refractivity contribution in [1.82, 2.24) is 5.32 Å². The van der Waals surface area contributed by atoms with Gasteiger partial charge in [-0.1, -0.05) is 13.3 Å². The predicted octanol–water partition coefficient (Wildman–Crippen LogP) is 1.81. The van der Waals surface area contributed by atoms with Gasteiger partial charge in [0.15, 0.2) is 18.1 Å². The van der Waals surface area contributed by atoms with E-state index in [1.165, 1.54) is 7.11 Å². The van der Waals surface area contributed by atoms with Crippen molar-refractivity contribution in [3.8, 4) is 11.5 Å². The maximum atomic E-state index is 12.3. The average Bonchev–Trinajstić information content (AvgIpc) is 3.37. The molecule has 25 heavy (non-hydrogen) atoms. The van der Waals surface area contributed by atoms with Crippen molar-refractivity contribution in [2.24, 2.45) is 5.73 Å². The van der Waals surface area contributed by atoms with E-state index in [1.54, 1.807) is 25.1 Å². The summed E-state index contributed by atoms with van der Waals surface area (Å²) in [5.41, 5.74) is 5.64. The summed E-state index contributed by atoms with van der Waals surface area (Å²) in [5, 5.41) is 5.64. The molecule has 1 aliphatic carbocycles. The SMILES string of the molecule is CCCC(C)(N)C(=O)Nc1ccc(OC)c(OCC(=O)NC2CC2)c1. The summed E-state index contributed by atoms with van der Waals surface area (Å²) in [6.07, 6.45) is 3.44. The quantitative estimate of drug-likeness (QED) is 0.631. The van der Waals surface area contributed by atoms with E-state index >= 15 is 0 Å². The van der Waals surface area contributed by atoms with Gasteiger partial charge >= 0.3 is 0 Å². The molecular weight excluding hydrogens is 322 g/mol. The summed E-state index contributed by atoms with van der Waals surface area (Å²) in [6, 6.07) is 5.29. The van der Waals surface area contributed by atoms with Gasteiger partial charge in [0, 0.05) is 17.8 Å². The number of amides is 2. The maximum Gasteiger partial charge on any atom is 0.258 e. The van der Waals surface area contributed by atoms with Crippen LogP contribution in [0, 0.1) is 0 Å². The van der Waals surface area contributed by atoms with Crippen LogP contribution in [0.1, 0.15) is 39.5 Å². The Morgan fingerprint density at radius 2 is 2.04 bits per heavy atom. The molecule has 4 N–H and O–H groups in total. The van der Waals surface area contributed by atoms with Crippen LogP contribution < -0.4 is 25.8 Å². The molecule has 1 atom stereocenters. The molecule has 1 aromatic rings. The van der Waals surface area contributed by atoms with Crippen LogP contribution in [0.15, 0.2) is 18.2 Å². The third-order valence-corrected chi connectivity index (χ3v) is 4.01. The van der Waals surface area contributed by atoms with Gasteiger partial charge in [-0.2, -0.15) is 0 Å². The van der Waals surface area contributed by atoms with Gasteiger partial charge in [0.05, 0.1) is 12.6 Å². The largest absolute Gasteiger partial charge is 0.493 e. The van der Waals surface area contributed by atoms with Gasteiger partial charge in [-0.15, -0.1) is 0 Å². The second kappa shape index (κ2) is 8.20. The summed E-state index contributed by atoms with van der Waals surface area (Å²) < 4.78 is 10.8. The second-order valence-corrected chi connectivity index (χ2v) is 6.62. The smallest absolute Gasteiger partial charge is 0.258 e. The van der Waals surface area contributed by atoms with Crippen LogP contribution in [-0.4, -0.2) is 37.1 Å². The predicted molar refractivity (Wildman–Crippen MR) is 95.8 cm³/mol. The Morgan fingerprint density at radius 1 is 1.32 bits per heavy atom. The van der Waals surface area contributed by atoms with E-state index in [-0.39, 0.29) is 24.5 Å². The zero-order valence-electron chi connectivity index (χ0n) is 15.1. The molecular formula is C18H27N3O4. The highest BCUT2D eigenvalue weighted by Gasteiger charge is 2.27. The van der Waals surface area contributed by atoms with Crippen LogP contribution >= 0.6 is 0 Å². The third kappa shape index (κ3) is 5.63. The Morgan fingerprint density at radius 3 is 2.64 bits per heavy atom. The summed E-state index contributed by atoms with van der Waals surface area (Å²) in [5.74, 6) is 0.440. The lowest BCUT2D eigenvalue weighted by molar-refractivity contribution is -0.123. The number of rotatable bonds is 9. The van der Waals surface area contributed by atoms with Crippen LogP contribution in [-0.2, 0) is 9.59 Å². The highest BCUT2D eigenvalue weighted by molar-refractivity contribution is 5.97. The molecule has 1 fully saturated rings. The van der Waals surface area contributed by atoms with Gasteiger partial charge < -0.3 is 25.8 Å². The summed E-state index contributed by atoms with van der Waals surface area (Å²) in [7, 11) is 1.52. The maximum absolute atomic E-state index is 12.3. The Kier molecular flexibility index (Phi) is 6.25. The molecule has 1 unspecified atom stereocenters. The number of carbonyl (C=O) groups is 2. The highest BCUT2D eigenvalue weighted by Crippen LogP contribution is 2.30. The number of hydrogen-bond acceptors (Lipinski definition) is 5. The summed E-state index contributed by atoms with van der Waals surface area (Å²) in [4.78, 5) is 24.1. The van der Waals surface area contributed by atoms with E-state index < -0.39 is 5.54 Å². The normalized spacial score (nSPS) is 15.8. The number of anilines is 1. The Labute approximate surface area is 148 Å². The van der Waals surface area contributed by atoms with E-state index in [0.717, 1.165) is 19.3 Å². The van der Waals surface area contributed by atoms with Gasteiger partial charge in [0.1, 0.15) is 0 Å². The van der Waals surface area contributed by atoms with E-state index in [4.69, 9.17) is 15.2 Å². The molecule has 1 aliphatic rings. The zero-order valence-corrected chi connectivity index (χ0v) is 15.1. The zero-order chi connectivity index (χ0) is 18.4. The first kappa shape index (κ1) is 19.1. The van der Waals surface area contributed by atoms with E-state index in [1.807, 2.05) is 6.92 Å². The molecule has 2 rings (SSSR count). The first-order valence-corrected chi connectivity index (χ1v) is 8.56. The molecule has 0 aromatic heterocycles. The lowest BCUT2D eigenvalue weighted by atomic mass is 9.96. The van der Waals surface area contributed by atoms with Gasteiger partial charge in [-0.25, -0.2) is 0 Å². The molecule has 0 radical (unpaired) electrons. The molecule has 2 amide bonds. The molecule has 7 nitrogen and oxygen atoms in total. The van der Waals surface area contributed by atoms with E-state index in [9.17, 15) is 9.59 Å². The minimum Gasteiger partial charge on any atom is -0.493 e. The number of benzene rings is 1. The molecule has 7 heteroatoms. The Balaban J connectivity index is 2.02. The average molecular weight is 349 g/mol. The van der Waals surface area contributed by atoms with Crippen molar-refractivity contribution in [2.75, 3.05) is 19.0 Å². The minimum atomic E-state index is -0.945. The van der Waals surface area contributed by atoms with Crippen LogP contribution in [0.5, 0.6) is 11.5 Å². The number of hydrogen-bond donors (Lipinski definition) is 3. The molecule has 0 aliphatic heterocycles. The van der Waals surface area contributed by atoms with Crippen molar-refractivity contribution in [1.29, 1.82) is 0 Å². The fourth-order valence-electron chi connectivity index (χ4n) is 2.41. The summed E-state index contributed by atoms with van der Waals surface area (Å²) >= 11 is 0. The molecule has 1 aromatic carbocycles. The van der Waals surface area contributed by atoms with Gasteiger partial charge in [-0.3, -0.25) is 9.59 Å². The molecule has 1 saturated carbocycles. The standard InChI is InChI=1S/C18H27N3O4/c1-4-9-18(2,19)17(23)21-13-7-8-14(24-3)15(10-13)25-11-16(22)20-12-5-6-12/h7-8,10,12H,4-6,9,11,19H2,1-3H3,(H,20,22)(H,21,23). The Bertz CT molecular complexity index is 627. The van der Waals surface area contributed by atoms with Crippen LogP contribution in [0.4, 0.5) is 5.69 Å². The number of carbonyl (C=O) groups excluding carboxylic acids is 2. The van der Waals surface area contributed by atoms with Crippen molar-refractivity contribution in [3.05, 3.63) is 18.2 Å². The number of methoxy groups -OCH3 is 1. The lowest BCUT2D eigenvalue weighted by Crippen LogP contribution is -2.48. The highest BCUT2D eigenvalue weighted by atomic mass is 16.5. The Hall–Kier alpha value is -2.28. The molecule has 0 saturated heterocycles. The number of nitrogens with one attached hydrogen (secondary N) is 2. The lowest BCUT2D eigenvalue weighted by Gasteiger charge is -2.23. The van der Waals surface area contributed by atoms with Gasteiger partial charge in [0.2, 0.25) is 5.91 Å². The fraction of sp³-hybridized carbons (Fsp3) is 0.556. The summed E-state index contributed by atoms with van der Waals surface area (Å²) in [6.45, 7) is 3.58. The van der Waals surface area contributed by atoms with E-state index in [2.05, 4.69) is 10.6 Å². The number of nitrogens with two attached hydrogens (primary N) is 1. The second-order valence-electron chi connectivity index (χ2n) is 6.62. The van der Waals surface area contributed by atoms with Crippen molar-refractivity contribution in [2.45, 2.75) is 51.1 Å². The van der Waals surface area contributed by atoms with E-state index in [0.29, 0.717) is 23.6 Å². The van der Waals surface area contributed by atoms with Crippen molar-refractivity contribution in [3.63, 3.8) is 0 Å². The topological polar surface area (TPSA) is 103 Å². The molecule has 0 heterocycles. The first-order valence-electron chi connectivity index (χ1n) is 8.56. The number of ether oxygens (including phenoxy) is 2. The van der Waals surface area contributed by atoms with Gasteiger partial charge in [0.25, 0.3) is 5.91 Å². The van der Waals surface area contributed by atoms with Crippen LogP contribution in [0.3, 0.4) is 0 Å². The monoisotopic (exact) mass is 349 g/mol. The minimum absolute atomic E-state index is 0.102. The van der Waals surface area contributed by atoms with Crippen molar-refractivity contribution < 1.29 is 19.1 Å². The fourth-order valence-corrected chi connectivity index (χ4v) is 2.41. The molecule has 138 valence electrons. The molecule has 0 spiro atoms. The molecule has 0 bridgehead atoms.